The average molecular weight is 345 g/mol. The van der Waals surface area contributed by atoms with Gasteiger partial charge in [0, 0.05) is 36.3 Å². The molecule has 132 valence electrons. The lowest BCUT2D eigenvalue weighted by Crippen LogP contribution is -2.40. The summed E-state index contributed by atoms with van der Waals surface area (Å²) in [5, 5.41) is 17.5. The summed E-state index contributed by atoms with van der Waals surface area (Å²) in [5.74, 6) is 1.38. The lowest BCUT2D eigenvalue weighted by molar-refractivity contribution is -0.385. The van der Waals surface area contributed by atoms with Crippen molar-refractivity contribution in [1.82, 2.24) is 15.0 Å². The molecule has 3 rings (SSSR count). The highest BCUT2D eigenvalue weighted by atomic mass is 16.6. The zero-order valence-corrected chi connectivity index (χ0v) is 14.1. The van der Waals surface area contributed by atoms with Gasteiger partial charge in [0.2, 0.25) is 5.89 Å². The van der Waals surface area contributed by atoms with Crippen LogP contribution in [0.1, 0.15) is 36.0 Å². The van der Waals surface area contributed by atoms with E-state index in [1.165, 1.54) is 6.07 Å². The van der Waals surface area contributed by atoms with Crippen LogP contribution in [-0.4, -0.2) is 39.1 Å². The number of hydrogen-bond acceptors (Lipinski definition) is 6. The molecule has 9 heteroatoms. The molecular formula is C16H19N5O4. The number of nitro benzene ring substituents is 1. The minimum absolute atomic E-state index is 0.0109. The number of nitrogens with one attached hydrogen (secondary N) is 1. The first kappa shape index (κ1) is 16.9. The van der Waals surface area contributed by atoms with E-state index in [9.17, 15) is 14.9 Å². The van der Waals surface area contributed by atoms with Crippen LogP contribution in [-0.2, 0) is 0 Å². The van der Waals surface area contributed by atoms with Crippen LogP contribution in [0.15, 0.2) is 22.7 Å². The normalized spacial score (nSPS) is 15.2. The summed E-state index contributed by atoms with van der Waals surface area (Å²) in [7, 11) is 0. The number of likely N-dealkylation sites (tertiary alicyclic amines) is 1. The van der Waals surface area contributed by atoms with Crippen LogP contribution in [0.5, 0.6) is 0 Å². The maximum Gasteiger partial charge on any atom is 0.321 e. The maximum absolute atomic E-state index is 12.4. The Labute approximate surface area is 144 Å². The third-order valence-electron chi connectivity index (χ3n) is 4.33. The number of hydrogen-bond donors (Lipinski definition) is 1. The lowest BCUT2D eigenvalue weighted by Gasteiger charge is -2.30. The van der Waals surface area contributed by atoms with E-state index in [-0.39, 0.29) is 17.6 Å². The zero-order valence-electron chi connectivity index (χ0n) is 14.1. The van der Waals surface area contributed by atoms with Gasteiger partial charge in [0.05, 0.1) is 4.92 Å². The summed E-state index contributed by atoms with van der Waals surface area (Å²) in [5.41, 5.74) is 0.957. The Morgan fingerprint density at radius 3 is 2.68 bits per heavy atom. The van der Waals surface area contributed by atoms with Crippen molar-refractivity contribution < 1.29 is 14.2 Å². The number of rotatable bonds is 3. The number of piperidine rings is 1. The number of aryl methyl sites for hydroxylation is 2. The first-order chi connectivity index (χ1) is 11.9. The van der Waals surface area contributed by atoms with Crippen molar-refractivity contribution in [3.8, 4) is 0 Å². The fourth-order valence-electron chi connectivity index (χ4n) is 2.89. The summed E-state index contributed by atoms with van der Waals surface area (Å²) < 4.78 is 5.20. The lowest BCUT2D eigenvalue weighted by atomic mass is 9.97. The smallest absolute Gasteiger partial charge is 0.321 e. The van der Waals surface area contributed by atoms with Crippen molar-refractivity contribution in [2.75, 3.05) is 18.4 Å². The second-order valence-corrected chi connectivity index (χ2v) is 6.13. The Bertz CT molecular complexity index is 796. The predicted octanol–water partition coefficient (Wildman–Crippen LogP) is 3.01. The summed E-state index contributed by atoms with van der Waals surface area (Å²) in [6, 6.07) is 4.39. The molecule has 1 aromatic heterocycles. The number of urea groups is 1. The highest BCUT2D eigenvalue weighted by molar-refractivity contribution is 5.89. The summed E-state index contributed by atoms with van der Waals surface area (Å²) in [6.45, 7) is 4.56. The van der Waals surface area contributed by atoms with Gasteiger partial charge in [-0.3, -0.25) is 10.1 Å². The van der Waals surface area contributed by atoms with E-state index in [1.54, 1.807) is 30.9 Å². The van der Waals surface area contributed by atoms with Gasteiger partial charge in [0.25, 0.3) is 5.69 Å². The Balaban J connectivity index is 1.60. The van der Waals surface area contributed by atoms with Crippen LogP contribution in [0.25, 0.3) is 0 Å². The summed E-state index contributed by atoms with van der Waals surface area (Å²) >= 11 is 0. The second kappa shape index (κ2) is 6.88. The van der Waals surface area contributed by atoms with Crippen molar-refractivity contribution >= 4 is 17.4 Å². The number of carbonyl (C=O) groups is 1. The highest BCUT2D eigenvalue weighted by Crippen LogP contribution is 2.27. The Kier molecular flexibility index (Phi) is 4.64. The number of nitro groups is 1. The van der Waals surface area contributed by atoms with Gasteiger partial charge in [-0.2, -0.15) is 4.98 Å². The molecule has 2 heterocycles. The molecule has 9 nitrogen and oxygen atoms in total. The molecule has 25 heavy (non-hydrogen) atoms. The quantitative estimate of drug-likeness (QED) is 0.675. The molecule has 1 aliphatic rings. The average Bonchev–Trinajstić information content (AvgIpc) is 3.03. The molecule has 2 aromatic rings. The molecule has 0 unspecified atom stereocenters. The van der Waals surface area contributed by atoms with Crippen molar-refractivity contribution in [2.45, 2.75) is 32.6 Å². The standard InChI is InChI=1S/C16H19N5O4/c1-10-3-4-13(9-14(10)21(23)24)18-16(22)20-7-5-12(6-8-20)15-17-11(2)19-25-15/h3-4,9,12H,5-8H2,1-2H3,(H,18,22). The number of benzene rings is 1. The summed E-state index contributed by atoms with van der Waals surface area (Å²) in [6.07, 6.45) is 1.48. The second-order valence-electron chi connectivity index (χ2n) is 6.13. The van der Waals surface area contributed by atoms with Gasteiger partial charge in [-0.15, -0.1) is 0 Å². The molecule has 1 aromatic carbocycles. The maximum atomic E-state index is 12.4. The first-order valence-corrected chi connectivity index (χ1v) is 8.05. The first-order valence-electron chi connectivity index (χ1n) is 8.05. The van der Waals surface area contributed by atoms with Crippen LogP contribution in [0.3, 0.4) is 0 Å². The number of aromatic nitrogens is 2. The molecule has 0 saturated carbocycles. The van der Waals surface area contributed by atoms with E-state index in [1.807, 2.05) is 0 Å². The molecule has 0 aliphatic carbocycles. The van der Waals surface area contributed by atoms with E-state index in [0.717, 1.165) is 12.8 Å². The molecule has 1 aliphatic heterocycles. The minimum atomic E-state index is -0.455. The highest BCUT2D eigenvalue weighted by Gasteiger charge is 2.27. The monoisotopic (exact) mass is 345 g/mol. The van der Waals surface area contributed by atoms with Crippen LogP contribution >= 0.6 is 0 Å². The van der Waals surface area contributed by atoms with E-state index in [2.05, 4.69) is 15.5 Å². The van der Waals surface area contributed by atoms with Gasteiger partial charge in [0.1, 0.15) is 0 Å². The fraction of sp³-hybridized carbons (Fsp3) is 0.438. The number of anilines is 1. The van der Waals surface area contributed by atoms with Gasteiger partial charge >= 0.3 is 6.03 Å². The third-order valence-corrected chi connectivity index (χ3v) is 4.33. The van der Waals surface area contributed by atoms with Crippen molar-refractivity contribution in [2.24, 2.45) is 0 Å². The van der Waals surface area contributed by atoms with Crippen molar-refractivity contribution in [3.63, 3.8) is 0 Å². The topological polar surface area (TPSA) is 114 Å². The molecule has 0 spiro atoms. The zero-order chi connectivity index (χ0) is 18.0. The van der Waals surface area contributed by atoms with Crippen molar-refractivity contribution in [1.29, 1.82) is 0 Å². The van der Waals surface area contributed by atoms with E-state index in [4.69, 9.17) is 4.52 Å². The molecule has 1 N–H and O–H groups in total. The Morgan fingerprint density at radius 1 is 1.36 bits per heavy atom. The molecule has 2 amide bonds. The van der Waals surface area contributed by atoms with Gasteiger partial charge in [-0.1, -0.05) is 11.2 Å². The van der Waals surface area contributed by atoms with Crippen LogP contribution in [0, 0.1) is 24.0 Å². The van der Waals surface area contributed by atoms with E-state index in [0.29, 0.717) is 36.1 Å². The Hall–Kier alpha value is -2.97. The number of nitrogens with zero attached hydrogens (tertiary/aromatic N) is 4. The van der Waals surface area contributed by atoms with E-state index < -0.39 is 4.92 Å². The SMILES string of the molecule is Cc1noc(C2CCN(C(=O)Nc3ccc(C)c([N+](=O)[O-])c3)CC2)n1. The van der Waals surface area contributed by atoms with Gasteiger partial charge in [-0.25, -0.2) is 4.79 Å². The van der Waals surface area contributed by atoms with Gasteiger partial charge < -0.3 is 14.7 Å². The predicted molar refractivity (Wildman–Crippen MR) is 89.4 cm³/mol. The molecule has 1 fully saturated rings. The van der Waals surface area contributed by atoms with Crippen molar-refractivity contribution in [3.05, 3.63) is 45.6 Å². The van der Waals surface area contributed by atoms with Crippen LogP contribution < -0.4 is 5.32 Å². The Morgan fingerprint density at radius 2 is 2.08 bits per heavy atom. The molecule has 1 saturated heterocycles. The van der Waals surface area contributed by atoms with Crippen LogP contribution in [0.4, 0.5) is 16.2 Å². The van der Waals surface area contributed by atoms with E-state index >= 15 is 0 Å². The fourth-order valence-corrected chi connectivity index (χ4v) is 2.89. The van der Waals surface area contributed by atoms with Crippen LogP contribution in [0.2, 0.25) is 0 Å². The summed E-state index contributed by atoms with van der Waals surface area (Å²) in [4.78, 5) is 28.8. The largest absolute Gasteiger partial charge is 0.339 e. The minimum Gasteiger partial charge on any atom is -0.339 e. The van der Waals surface area contributed by atoms with Gasteiger partial charge in [-0.05, 0) is 32.8 Å². The number of carbonyl (C=O) groups excluding carboxylic acids is 1. The third kappa shape index (κ3) is 3.76. The molecule has 0 radical (unpaired) electrons. The van der Waals surface area contributed by atoms with Gasteiger partial charge in [0.15, 0.2) is 5.82 Å². The molecule has 0 atom stereocenters. The number of amides is 2. The molecular weight excluding hydrogens is 326 g/mol. The molecule has 0 bridgehead atoms.